The van der Waals surface area contributed by atoms with Crippen molar-refractivity contribution in [3.05, 3.63) is 29.8 Å². The van der Waals surface area contributed by atoms with E-state index in [9.17, 15) is 9.59 Å². The van der Waals surface area contributed by atoms with Gasteiger partial charge in [-0.25, -0.2) is 0 Å². The van der Waals surface area contributed by atoms with E-state index in [1.807, 2.05) is 25.1 Å². The molecular weight excluding hydrogens is 382 g/mol. The summed E-state index contributed by atoms with van der Waals surface area (Å²) >= 11 is 0. The van der Waals surface area contributed by atoms with Crippen LogP contribution in [-0.2, 0) is 9.59 Å². The van der Waals surface area contributed by atoms with Crippen molar-refractivity contribution in [1.29, 1.82) is 0 Å². The zero-order valence-corrected chi connectivity index (χ0v) is 18.2. The molecule has 0 aliphatic carbocycles. The summed E-state index contributed by atoms with van der Waals surface area (Å²) < 4.78 is 11.3. The Labute approximate surface area is 179 Å². The maximum Gasteiger partial charge on any atom is 0.243 e. The minimum atomic E-state index is -0.212. The van der Waals surface area contributed by atoms with Crippen molar-refractivity contribution in [3.63, 3.8) is 0 Å². The molecule has 1 aliphatic rings. The molecule has 0 spiro atoms. The van der Waals surface area contributed by atoms with Gasteiger partial charge in [-0.1, -0.05) is 13.0 Å². The zero-order valence-electron chi connectivity index (χ0n) is 18.2. The topological polar surface area (TPSA) is 93.9 Å². The van der Waals surface area contributed by atoms with Crippen LogP contribution in [0.4, 0.5) is 0 Å². The fraction of sp³-hybridized carbons (Fsp3) is 0.565. The van der Waals surface area contributed by atoms with Crippen LogP contribution in [0.2, 0.25) is 0 Å². The van der Waals surface area contributed by atoms with Gasteiger partial charge in [-0.15, -0.1) is 0 Å². The molecule has 2 amide bonds. The quantitative estimate of drug-likeness (QED) is 0.403. The van der Waals surface area contributed by atoms with Gasteiger partial charge in [0.25, 0.3) is 0 Å². The molecule has 2 rings (SSSR count). The molecule has 7 heteroatoms. The van der Waals surface area contributed by atoms with Gasteiger partial charge in [0.05, 0.1) is 19.1 Å². The van der Waals surface area contributed by atoms with Crippen LogP contribution < -0.4 is 20.5 Å². The van der Waals surface area contributed by atoms with E-state index >= 15 is 0 Å². The maximum atomic E-state index is 12.1. The molecule has 1 aromatic rings. The van der Waals surface area contributed by atoms with Crippen molar-refractivity contribution in [2.24, 2.45) is 11.7 Å². The first-order valence-electron chi connectivity index (χ1n) is 10.9. The van der Waals surface area contributed by atoms with Crippen LogP contribution >= 0.6 is 0 Å². The number of rotatable bonds is 12. The van der Waals surface area contributed by atoms with Gasteiger partial charge in [-0.2, -0.15) is 0 Å². The summed E-state index contributed by atoms with van der Waals surface area (Å²) in [6.07, 6.45) is 6.93. The Kier molecular flexibility index (Phi) is 10.2. The number of carbonyl (C=O) groups excluding carboxylic acids is 2. The Bertz CT molecular complexity index is 720. The monoisotopic (exact) mass is 417 g/mol. The summed E-state index contributed by atoms with van der Waals surface area (Å²) in [6, 6.07) is 5.66. The second-order valence-corrected chi connectivity index (χ2v) is 7.51. The summed E-state index contributed by atoms with van der Waals surface area (Å²) in [5.41, 5.74) is 6.29. The summed E-state index contributed by atoms with van der Waals surface area (Å²) in [7, 11) is 0. The van der Waals surface area contributed by atoms with Crippen molar-refractivity contribution in [2.45, 2.75) is 39.5 Å². The predicted molar refractivity (Wildman–Crippen MR) is 118 cm³/mol. The number of hydrogen-bond donors (Lipinski definition) is 2. The first-order valence-corrected chi connectivity index (χ1v) is 10.9. The molecule has 0 bridgehead atoms. The van der Waals surface area contributed by atoms with Gasteiger partial charge in [0.15, 0.2) is 11.5 Å². The molecule has 3 N–H and O–H groups in total. The lowest BCUT2D eigenvalue weighted by atomic mass is 9.97. The van der Waals surface area contributed by atoms with Crippen molar-refractivity contribution >= 4 is 17.9 Å². The van der Waals surface area contributed by atoms with Crippen LogP contribution in [-0.4, -0.2) is 56.1 Å². The molecule has 1 fully saturated rings. The Morgan fingerprint density at radius 1 is 1.27 bits per heavy atom. The average Bonchev–Trinajstić information content (AvgIpc) is 2.75. The van der Waals surface area contributed by atoms with Crippen LogP contribution in [0.3, 0.4) is 0 Å². The fourth-order valence-electron chi connectivity index (χ4n) is 3.46. The Morgan fingerprint density at radius 2 is 2.10 bits per heavy atom. The maximum absolute atomic E-state index is 12.1. The van der Waals surface area contributed by atoms with Crippen molar-refractivity contribution in [3.8, 4) is 11.5 Å². The van der Waals surface area contributed by atoms with Gasteiger partial charge in [0.2, 0.25) is 11.8 Å². The smallest absolute Gasteiger partial charge is 0.243 e. The van der Waals surface area contributed by atoms with Gasteiger partial charge in [-0.05, 0) is 69.5 Å². The summed E-state index contributed by atoms with van der Waals surface area (Å²) in [4.78, 5) is 25.7. The lowest BCUT2D eigenvalue weighted by molar-refractivity contribution is -0.123. The molecule has 1 aliphatic heterocycles. The summed E-state index contributed by atoms with van der Waals surface area (Å²) in [6.45, 7) is 8.32. The molecule has 1 atom stereocenters. The number of piperidine rings is 1. The standard InChI is InChI=1S/C23H35N3O4/c1-3-15-30-20-10-8-18(16-21(20)29-4-2)9-11-22(27)25-12-6-14-26-13-5-7-19(17-26)23(24)28/h8-11,16,19H,3-7,12-15,17H2,1-2H3,(H2,24,28)(H,25,27)/b11-9+. The molecule has 0 radical (unpaired) electrons. The second-order valence-electron chi connectivity index (χ2n) is 7.51. The number of ether oxygens (including phenoxy) is 2. The highest BCUT2D eigenvalue weighted by Crippen LogP contribution is 2.29. The molecule has 30 heavy (non-hydrogen) atoms. The zero-order chi connectivity index (χ0) is 21.8. The highest BCUT2D eigenvalue weighted by atomic mass is 16.5. The summed E-state index contributed by atoms with van der Waals surface area (Å²) in [5, 5.41) is 2.91. The molecule has 7 nitrogen and oxygen atoms in total. The highest BCUT2D eigenvalue weighted by molar-refractivity contribution is 5.91. The van der Waals surface area contributed by atoms with E-state index in [-0.39, 0.29) is 17.7 Å². The molecule has 1 saturated heterocycles. The van der Waals surface area contributed by atoms with Crippen molar-refractivity contribution < 1.29 is 19.1 Å². The number of nitrogens with two attached hydrogens (primary N) is 1. The molecule has 1 aromatic carbocycles. The number of likely N-dealkylation sites (tertiary alicyclic amines) is 1. The minimum Gasteiger partial charge on any atom is -0.490 e. The number of amides is 2. The van der Waals surface area contributed by atoms with Gasteiger partial charge >= 0.3 is 0 Å². The normalized spacial score (nSPS) is 17.1. The molecule has 0 saturated carbocycles. The van der Waals surface area contributed by atoms with Crippen LogP contribution in [0.15, 0.2) is 24.3 Å². The lowest BCUT2D eigenvalue weighted by Gasteiger charge is -2.31. The van der Waals surface area contributed by atoms with Gasteiger partial charge in [0, 0.05) is 19.2 Å². The largest absolute Gasteiger partial charge is 0.490 e. The number of nitrogens with one attached hydrogen (secondary N) is 1. The number of primary amides is 1. The molecule has 0 aromatic heterocycles. The third-order valence-corrected chi connectivity index (χ3v) is 5.01. The van der Waals surface area contributed by atoms with E-state index < -0.39 is 0 Å². The molecule has 1 heterocycles. The van der Waals surface area contributed by atoms with Crippen LogP contribution in [0.1, 0.15) is 45.1 Å². The first kappa shape index (κ1) is 23.7. The van der Waals surface area contributed by atoms with Gasteiger partial charge in [0.1, 0.15) is 0 Å². The minimum absolute atomic E-state index is 0.0448. The highest BCUT2D eigenvalue weighted by Gasteiger charge is 2.23. The van der Waals surface area contributed by atoms with Gasteiger partial charge in [-0.3, -0.25) is 9.59 Å². The summed E-state index contributed by atoms with van der Waals surface area (Å²) in [5.74, 6) is 1.01. The molecule has 1 unspecified atom stereocenters. The second kappa shape index (κ2) is 12.9. The van der Waals surface area contributed by atoms with E-state index in [4.69, 9.17) is 15.2 Å². The van der Waals surface area contributed by atoms with E-state index in [1.165, 1.54) is 6.08 Å². The van der Waals surface area contributed by atoms with Crippen LogP contribution in [0.5, 0.6) is 11.5 Å². The van der Waals surface area contributed by atoms with Gasteiger partial charge < -0.3 is 25.4 Å². The van der Waals surface area contributed by atoms with Crippen LogP contribution in [0.25, 0.3) is 6.08 Å². The predicted octanol–water partition coefficient (Wildman–Crippen LogP) is 2.59. The number of carbonyl (C=O) groups is 2. The van der Waals surface area contributed by atoms with Crippen molar-refractivity contribution in [2.75, 3.05) is 39.4 Å². The van der Waals surface area contributed by atoms with Crippen LogP contribution in [0, 0.1) is 5.92 Å². The van der Waals surface area contributed by atoms with E-state index in [1.54, 1.807) is 6.08 Å². The number of nitrogens with zero attached hydrogens (tertiary/aromatic N) is 1. The van der Waals surface area contributed by atoms with E-state index in [0.717, 1.165) is 56.6 Å². The Hall–Kier alpha value is -2.54. The van der Waals surface area contributed by atoms with Crippen molar-refractivity contribution in [1.82, 2.24) is 10.2 Å². The third kappa shape index (κ3) is 8.06. The molecular formula is C23H35N3O4. The van der Waals surface area contributed by atoms with E-state index in [2.05, 4.69) is 17.1 Å². The lowest BCUT2D eigenvalue weighted by Crippen LogP contribution is -2.42. The van der Waals surface area contributed by atoms with E-state index in [0.29, 0.717) is 25.5 Å². The average molecular weight is 418 g/mol. The number of benzene rings is 1. The Balaban J connectivity index is 1.76. The number of hydrogen-bond acceptors (Lipinski definition) is 5. The Morgan fingerprint density at radius 3 is 2.83 bits per heavy atom. The SMILES string of the molecule is CCCOc1ccc(/C=C/C(=O)NCCCN2CCCC(C(N)=O)C2)cc1OCC. The fourth-order valence-corrected chi connectivity index (χ4v) is 3.46. The molecule has 166 valence electrons. The first-order chi connectivity index (χ1) is 14.5. The third-order valence-electron chi connectivity index (χ3n) is 5.01.